The monoisotopic (exact) mass is 482 g/mol. The predicted octanol–water partition coefficient (Wildman–Crippen LogP) is 5.03. The van der Waals surface area contributed by atoms with Crippen LogP contribution in [0.15, 0.2) is 78.9 Å². The van der Waals surface area contributed by atoms with Gasteiger partial charge in [0.05, 0.1) is 6.26 Å². The van der Waals surface area contributed by atoms with Crippen molar-refractivity contribution in [1.82, 2.24) is 0 Å². The van der Waals surface area contributed by atoms with Crippen molar-refractivity contribution < 1.29 is 32.0 Å². The summed E-state index contributed by atoms with van der Waals surface area (Å²) in [5, 5.41) is 9.13. The lowest BCUT2D eigenvalue weighted by Crippen LogP contribution is -2.37. The molecule has 3 rings (SSSR count). The summed E-state index contributed by atoms with van der Waals surface area (Å²) in [5.74, 6) is 0.330. The van der Waals surface area contributed by atoms with Crippen LogP contribution in [-0.2, 0) is 14.9 Å². The van der Waals surface area contributed by atoms with Crippen molar-refractivity contribution in [1.29, 1.82) is 0 Å². The van der Waals surface area contributed by atoms with Gasteiger partial charge in [-0.3, -0.25) is 0 Å². The van der Waals surface area contributed by atoms with E-state index < -0.39 is 21.7 Å². The van der Waals surface area contributed by atoms with Crippen molar-refractivity contribution in [3.05, 3.63) is 84.4 Å². The molecule has 0 bridgehead atoms. The molecule has 7 nitrogen and oxygen atoms in total. The molecular weight excluding hydrogens is 456 g/mol. The number of rotatable bonds is 10. The third-order valence-electron chi connectivity index (χ3n) is 4.71. The zero-order valence-corrected chi connectivity index (χ0v) is 19.9. The van der Waals surface area contributed by atoms with Crippen LogP contribution in [-0.4, -0.2) is 38.0 Å². The molecule has 0 atom stereocenters. The highest BCUT2D eigenvalue weighted by molar-refractivity contribution is 7.86. The van der Waals surface area contributed by atoms with E-state index in [2.05, 4.69) is 0 Å². The van der Waals surface area contributed by atoms with Crippen LogP contribution >= 0.6 is 0 Å². The largest absolute Gasteiger partial charge is 0.490 e. The number of carbonyl (C=O) groups is 1. The maximum absolute atomic E-state index is 11.2. The third-order valence-corrected chi connectivity index (χ3v) is 5.21. The number of ether oxygens (including phenoxy) is 2. The topological polar surface area (TPSA) is 99.1 Å². The quantitative estimate of drug-likeness (QED) is 0.405. The van der Waals surface area contributed by atoms with Gasteiger partial charge in [-0.2, -0.15) is 8.42 Å². The van der Waals surface area contributed by atoms with E-state index in [9.17, 15) is 13.2 Å². The molecule has 3 aromatic rings. The van der Waals surface area contributed by atoms with E-state index in [1.807, 2.05) is 36.4 Å². The van der Waals surface area contributed by atoms with Gasteiger partial charge in [0.2, 0.25) is 0 Å². The molecule has 0 aliphatic carbocycles. The molecule has 0 saturated heterocycles. The van der Waals surface area contributed by atoms with E-state index in [4.69, 9.17) is 18.8 Å². The summed E-state index contributed by atoms with van der Waals surface area (Å²) in [6.07, 6.45) is 4.85. The Hall–Kier alpha value is -3.78. The molecule has 0 fully saturated rings. The van der Waals surface area contributed by atoms with E-state index in [1.54, 1.807) is 48.5 Å². The highest BCUT2D eigenvalue weighted by atomic mass is 32.2. The van der Waals surface area contributed by atoms with Gasteiger partial charge in [-0.05, 0) is 73.0 Å². The summed E-state index contributed by atoms with van der Waals surface area (Å²) in [6.45, 7) is 3.35. The highest BCUT2D eigenvalue weighted by Gasteiger charge is 2.29. The van der Waals surface area contributed by atoms with Crippen molar-refractivity contribution in [3.8, 4) is 28.4 Å². The summed E-state index contributed by atoms with van der Waals surface area (Å²) >= 11 is 0. The van der Waals surface area contributed by atoms with Gasteiger partial charge >= 0.3 is 16.1 Å². The smallest absolute Gasteiger partial charge is 0.347 e. The minimum Gasteiger partial charge on any atom is -0.490 e. The van der Waals surface area contributed by atoms with Gasteiger partial charge < -0.3 is 18.8 Å². The minimum absolute atomic E-state index is 0.275. The van der Waals surface area contributed by atoms with E-state index >= 15 is 0 Å². The minimum atomic E-state index is -3.54. The molecule has 0 aliphatic rings. The maximum Gasteiger partial charge on any atom is 0.347 e. The standard InChI is InChI=1S/C26H26O7S/c1-26(2,25(27)28)32-23-16-14-22(15-17-23)31-18-4-5-19-6-8-20(9-7-19)21-10-12-24(13-11-21)33-34(3,29)30/h4-17H,18H2,1-3H3,(H,27,28)/b5-4+. The molecule has 0 heterocycles. The third kappa shape index (κ3) is 7.38. The lowest BCUT2D eigenvalue weighted by Gasteiger charge is -2.21. The van der Waals surface area contributed by atoms with Crippen LogP contribution in [0, 0.1) is 0 Å². The van der Waals surface area contributed by atoms with Gasteiger partial charge in [0, 0.05) is 0 Å². The average molecular weight is 483 g/mol. The first-order valence-corrected chi connectivity index (χ1v) is 12.3. The Morgan fingerprint density at radius 3 is 1.88 bits per heavy atom. The number of benzene rings is 3. The first-order valence-electron chi connectivity index (χ1n) is 10.4. The Balaban J connectivity index is 1.51. The Kier molecular flexibility index (Phi) is 7.63. The van der Waals surface area contributed by atoms with Crippen LogP contribution in [0.2, 0.25) is 0 Å². The Morgan fingerprint density at radius 2 is 1.35 bits per heavy atom. The SMILES string of the molecule is CC(C)(Oc1ccc(OC/C=C/c2ccc(-c3ccc(OS(C)(=O)=O)cc3)cc2)cc1)C(=O)O. The lowest BCUT2D eigenvalue weighted by atomic mass is 10.0. The van der Waals surface area contributed by atoms with E-state index in [0.717, 1.165) is 22.9 Å². The van der Waals surface area contributed by atoms with Crippen molar-refractivity contribution in [3.63, 3.8) is 0 Å². The van der Waals surface area contributed by atoms with Gasteiger partial charge in [-0.1, -0.05) is 42.5 Å². The van der Waals surface area contributed by atoms with Gasteiger partial charge in [0.15, 0.2) is 5.60 Å². The molecule has 0 spiro atoms. The molecule has 34 heavy (non-hydrogen) atoms. The molecule has 0 unspecified atom stereocenters. The normalized spacial score (nSPS) is 11.9. The second-order valence-corrected chi connectivity index (χ2v) is 9.61. The summed E-state index contributed by atoms with van der Waals surface area (Å²) in [6, 6.07) is 21.5. The first-order chi connectivity index (χ1) is 16.0. The lowest BCUT2D eigenvalue weighted by molar-refractivity contribution is -0.152. The molecule has 8 heteroatoms. The second kappa shape index (κ2) is 10.4. The number of carboxylic acid groups (broad SMARTS) is 1. The average Bonchev–Trinajstić information content (AvgIpc) is 2.77. The van der Waals surface area contributed by atoms with E-state index in [0.29, 0.717) is 18.1 Å². The zero-order valence-electron chi connectivity index (χ0n) is 19.1. The Bertz CT molecular complexity index is 1240. The van der Waals surface area contributed by atoms with Crippen LogP contribution < -0.4 is 13.7 Å². The fraction of sp³-hybridized carbons (Fsp3) is 0.192. The van der Waals surface area contributed by atoms with Gasteiger partial charge in [0.1, 0.15) is 23.9 Å². The van der Waals surface area contributed by atoms with Crippen molar-refractivity contribution in [2.24, 2.45) is 0 Å². The van der Waals surface area contributed by atoms with Gasteiger partial charge in [-0.15, -0.1) is 0 Å². The maximum atomic E-state index is 11.2. The number of hydrogen-bond acceptors (Lipinski definition) is 6. The fourth-order valence-electron chi connectivity index (χ4n) is 2.94. The van der Waals surface area contributed by atoms with Gasteiger partial charge in [0.25, 0.3) is 0 Å². The molecule has 178 valence electrons. The molecule has 0 aromatic heterocycles. The molecule has 1 N–H and O–H groups in total. The second-order valence-electron chi connectivity index (χ2n) is 8.04. The molecule has 0 radical (unpaired) electrons. The molecule has 3 aromatic carbocycles. The van der Waals surface area contributed by atoms with Crippen molar-refractivity contribution in [2.45, 2.75) is 19.4 Å². The summed E-state index contributed by atoms with van der Waals surface area (Å²) < 4.78 is 38.4. The Morgan fingerprint density at radius 1 is 0.853 bits per heavy atom. The van der Waals surface area contributed by atoms with E-state index in [-0.39, 0.29) is 5.75 Å². The predicted molar refractivity (Wildman–Crippen MR) is 131 cm³/mol. The molecular formula is C26H26O7S. The van der Waals surface area contributed by atoms with E-state index in [1.165, 1.54) is 13.8 Å². The molecule has 0 amide bonds. The summed E-state index contributed by atoms with van der Waals surface area (Å²) in [4.78, 5) is 11.1. The zero-order chi connectivity index (χ0) is 24.8. The number of hydrogen-bond donors (Lipinski definition) is 1. The summed E-state index contributed by atoms with van der Waals surface area (Å²) in [5.41, 5.74) is 1.63. The Labute approximate surface area is 199 Å². The first kappa shape index (κ1) is 24.9. The van der Waals surface area contributed by atoms with Crippen LogP contribution in [0.3, 0.4) is 0 Å². The fourth-order valence-corrected chi connectivity index (χ4v) is 3.40. The highest BCUT2D eigenvalue weighted by Crippen LogP contribution is 2.24. The van der Waals surface area contributed by atoms with Crippen molar-refractivity contribution in [2.75, 3.05) is 12.9 Å². The van der Waals surface area contributed by atoms with Crippen LogP contribution in [0.25, 0.3) is 17.2 Å². The molecule has 0 saturated carbocycles. The van der Waals surface area contributed by atoms with Crippen molar-refractivity contribution >= 4 is 22.2 Å². The van der Waals surface area contributed by atoms with Crippen LogP contribution in [0.4, 0.5) is 0 Å². The summed E-state index contributed by atoms with van der Waals surface area (Å²) in [7, 11) is -3.54. The number of aliphatic carboxylic acids is 1. The van der Waals surface area contributed by atoms with Crippen LogP contribution in [0.5, 0.6) is 17.2 Å². The number of carboxylic acids is 1. The van der Waals surface area contributed by atoms with Gasteiger partial charge in [-0.25, -0.2) is 4.79 Å². The molecule has 0 aliphatic heterocycles. The van der Waals surface area contributed by atoms with Crippen LogP contribution in [0.1, 0.15) is 19.4 Å².